The number of benzene rings is 1. The van der Waals surface area contributed by atoms with Gasteiger partial charge in [-0.3, -0.25) is 9.59 Å². The third kappa shape index (κ3) is 4.44. The van der Waals surface area contributed by atoms with Crippen LogP contribution in [-0.2, 0) is 14.6 Å². The molecule has 0 aromatic heterocycles. The molecule has 126 valence electrons. The van der Waals surface area contributed by atoms with E-state index in [1.165, 1.54) is 24.1 Å². The predicted octanol–water partition coefficient (Wildman–Crippen LogP) is 0.0759. The number of hydrogen-bond acceptors (Lipinski definition) is 5. The average Bonchev–Trinajstić information content (AvgIpc) is 2.76. The summed E-state index contributed by atoms with van der Waals surface area (Å²) in [6.45, 7) is 1.59. The molecule has 0 spiro atoms. The van der Waals surface area contributed by atoms with Crippen LogP contribution in [0.2, 0.25) is 0 Å². The van der Waals surface area contributed by atoms with Gasteiger partial charge in [-0.05, 0) is 31.0 Å². The Labute approximate surface area is 135 Å². The standard InChI is InChI=1S/C15H20N2O5S/c1-10-3-4-12(13(18)7-10)15(20)17(2)8-14(19)16-11-5-6-23(21,22)9-11/h3-4,7,11,18H,5-6,8-9H2,1-2H3,(H,16,19)/t11-/m1/s1. The summed E-state index contributed by atoms with van der Waals surface area (Å²) in [5.74, 6) is -1.02. The van der Waals surface area contributed by atoms with Gasteiger partial charge in [-0.1, -0.05) is 6.07 Å². The number of phenolic OH excluding ortho intramolecular Hbond substituents is 1. The fraction of sp³-hybridized carbons (Fsp3) is 0.467. The van der Waals surface area contributed by atoms with Crippen LogP contribution in [0.15, 0.2) is 18.2 Å². The molecule has 1 aromatic rings. The number of carbonyl (C=O) groups is 2. The van der Waals surface area contributed by atoms with Crippen molar-refractivity contribution in [2.24, 2.45) is 0 Å². The minimum Gasteiger partial charge on any atom is -0.507 e. The van der Waals surface area contributed by atoms with E-state index >= 15 is 0 Å². The van der Waals surface area contributed by atoms with E-state index in [9.17, 15) is 23.1 Å². The van der Waals surface area contributed by atoms with Crippen LogP contribution >= 0.6 is 0 Å². The van der Waals surface area contributed by atoms with Crippen molar-refractivity contribution in [1.82, 2.24) is 10.2 Å². The second kappa shape index (κ2) is 6.57. The van der Waals surface area contributed by atoms with Gasteiger partial charge >= 0.3 is 0 Å². The number of aryl methyl sites for hydroxylation is 1. The average molecular weight is 340 g/mol. The van der Waals surface area contributed by atoms with Crippen molar-refractivity contribution in [1.29, 1.82) is 0 Å². The van der Waals surface area contributed by atoms with Crippen molar-refractivity contribution >= 4 is 21.7 Å². The zero-order chi connectivity index (χ0) is 17.2. The van der Waals surface area contributed by atoms with Crippen molar-refractivity contribution in [3.8, 4) is 5.75 Å². The van der Waals surface area contributed by atoms with Gasteiger partial charge in [0.1, 0.15) is 5.75 Å². The zero-order valence-corrected chi connectivity index (χ0v) is 13.9. The van der Waals surface area contributed by atoms with Gasteiger partial charge in [-0.2, -0.15) is 0 Å². The number of hydrogen-bond donors (Lipinski definition) is 2. The number of sulfone groups is 1. The molecule has 2 amide bonds. The Kier molecular flexibility index (Phi) is 4.93. The van der Waals surface area contributed by atoms with Gasteiger partial charge < -0.3 is 15.3 Å². The highest BCUT2D eigenvalue weighted by atomic mass is 32.2. The number of phenols is 1. The van der Waals surface area contributed by atoms with E-state index in [2.05, 4.69) is 5.32 Å². The lowest BCUT2D eigenvalue weighted by molar-refractivity contribution is -0.122. The van der Waals surface area contributed by atoms with Gasteiger partial charge in [0.15, 0.2) is 9.84 Å². The number of aromatic hydroxyl groups is 1. The molecular formula is C15H20N2O5S. The molecule has 1 fully saturated rings. The molecule has 1 heterocycles. The van der Waals surface area contributed by atoms with Crippen LogP contribution in [0.25, 0.3) is 0 Å². The molecule has 0 aliphatic carbocycles. The van der Waals surface area contributed by atoms with E-state index in [4.69, 9.17) is 0 Å². The summed E-state index contributed by atoms with van der Waals surface area (Å²) in [5.41, 5.74) is 0.941. The zero-order valence-electron chi connectivity index (χ0n) is 13.1. The van der Waals surface area contributed by atoms with Crippen molar-refractivity contribution in [3.63, 3.8) is 0 Å². The van der Waals surface area contributed by atoms with Crippen LogP contribution in [0.4, 0.5) is 0 Å². The van der Waals surface area contributed by atoms with Gasteiger partial charge in [0, 0.05) is 13.1 Å². The topological polar surface area (TPSA) is 104 Å². The molecule has 1 saturated heterocycles. The van der Waals surface area contributed by atoms with Crippen LogP contribution in [0.3, 0.4) is 0 Å². The lowest BCUT2D eigenvalue weighted by atomic mass is 10.1. The predicted molar refractivity (Wildman–Crippen MR) is 85.0 cm³/mol. The monoisotopic (exact) mass is 340 g/mol. The summed E-state index contributed by atoms with van der Waals surface area (Å²) in [4.78, 5) is 25.4. The summed E-state index contributed by atoms with van der Waals surface area (Å²) in [7, 11) is -1.62. The highest BCUT2D eigenvalue weighted by molar-refractivity contribution is 7.91. The molecule has 2 rings (SSSR count). The lowest BCUT2D eigenvalue weighted by Crippen LogP contribution is -2.43. The number of carbonyl (C=O) groups excluding carboxylic acids is 2. The molecular weight excluding hydrogens is 320 g/mol. The van der Waals surface area contributed by atoms with Crippen molar-refractivity contribution in [3.05, 3.63) is 29.3 Å². The van der Waals surface area contributed by atoms with E-state index in [-0.39, 0.29) is 29.4 Å². The third-order valence-electron chi connectivity index (χ3n) is 3.71. The molecule has 1 aliphatic rings. The minimum absolute atomic E-state index is 0.0604. The van der Waals surface area contributed by atoms with Crippen LogP contribution in [0.5, 0.6) is 5.75 Å². The second-order valence-corrected chi connectivity index (χ2v) is 8.08. The van der Waals surface area contributed by atoms with E-state index in [0.717, 1.165) is 5.56 Å². The summed E-state index contributed by atoms with van der Waals surface area (Å²) < 4.78 is 22.7. The van der Waals surface area contributed by atoms with Crippen LogP contribution in [0, 0.1) is 6.92 Å². The minimum atomic E-state index is -3.07. The first-order valence-corrected chi connectivity index (χ1v) is 9.05. The molecule has 0 radical (unpaired) electrons. The molecule has 0 bridgehead atoms. The largest absolute Gasteiger partial charge is 0.507 e. The Hall–Kier alpha value is -2.09. The maximum atomic E-state index is 12.2. The number of rotatable bonds is 4. The van der Waals surface area contributed by atoms with Crippen LogP contribution < -0.4 is 5.32 Å². The highest BCUT2D eigenvalue weighted by Crippen LogP contribution is 2.19. The normalized spacial score (nSPS) is 19.3. The summed E-state index contributed by atoms with van der Waals surface area (Å²) in [6.07, 6.45) is 0.393. The fourth-order valence-corrected chi connectivity index (χ4v) is 4.17. The first-order valence-electron chi connectivity index (χ1n) is 7.23. The second-order valence-electron chi connectivity index (χ2n) is 5.85. The quantitative estimate of drug-likeness (QED) is 0.808. The number of nitrogens with zero attached hydrogens (tertiary/aromatic N) is 1. The SMILES string of the molecule is Cc1ccc(C(=O)N(C)CC(=O)N[C@@H]2CCS(=O)(=O)C2)c(O)c1. The summed E-state index contributed by atoms with van der Waals surface area (Å²) >= 11 is 0. The van der Waals surface area contributed by atoms with Crippen molar-refractivity contribution < 1.29 is 23.1 Å². The smallest absolute Gasteiger partial charge is 0.257 e. The first-order chi connectivity index (χ1) is 10.7. The molecule has 1 aromatic carbocycles. The Morgan fingerprint density at radius 1 is 1.39 bits per heavy atom. The van der Waals surface area contributed by atoms with Gasteiger partial charge in [-0.15, -0.1) is 0 Å². The molecule has 0 unspecified atom stereocenters. The molecule has 1 aliphatic heterocycles. The van der Waals surface area contributed by atoms with Gasteiger partial charge in [0.25, 0.3) is 5.91 Å². The van der Waals surface area contributed by atoms with E-state index in [1.54, 1.807) is 13.0 Å². The van der Waals surface area contributed by atoms with Crippen molar-refractivity contribution in [2.75, 3.05) is 25.1 Å². The van der Waals surface area contributed by atoms with E-state index < -0.39 is 27.7 Å². The maximum absolute atomic E-state index is 12.2. The molecule has 7 nitrogen and oxygen atoms in total. The van der Waals surface area contributed by atoms with Crippen LogP contribution in [-0.4, -0.2) is 61.4 Å². The maximum Gasteiger partial charge on any atom is 0.257 e. The Morgan fingerprint density at radius 2 is 2.09 bits per heavy atom. The Morgan fingerprint density at radius 3 is 2.65 bits per heavy atom. The number of amides is 2. The van der Waals surface area contributed by atoms with Crippen molar-refractivity contribution in [2.45, 2.75) is 19.4 Å². The molecule has 0 saturated carbocycles. The molecule has 23 heavy (non-hydrogen) atoms. The van der Waals surface area contributed by atoms with Gasteiger partial charge in [0.05, 0.1) is 23.6 Å². The van der Waals surface area contributed by atoms with Gasteiger partial charge in [0.2, 0.25) is 5.91 Å². The van der Waals surface area contributed by atoms with E-state index in [1.807, 2.05) is 0 Å². The molecule has 2 N–H and O–H groups in total. The summed E-state index contributed by atoms with van der Waals surface area (Å²) in [5, 5.41) is 12.4. The number of likely N-dealkylation sites (N-methyl/N-ethyl adjacent to an activating group) is 1. The Balaban J connectivity index is 1.94. The Bertz CT molecular complexity index is 729. The summed E-state index contributed by atoms with van der Waals surface area (Å²) in [6, 6.07) is 4.28. The van der Waals surface area contributed by atoms with Gasteiger partial charge in [-0.25, -0.2) is 8.42 Å². The third-order valence-corrected chi connectivity index (χ3v) is 5.48. The highest BCUT2D eigenvalue weighted by Gasteiger charge is 2.29. The molecule has 1 atom stereocenters. The molecule has 8 heteroatoms. The van der Waals surface area contributed by atoms with E-state index in [0.29, 0.717) is 6.42 Å². The fourth-order valence-electron chi connectivity index (χ4n) is 2.50. The first kappa shape index (κ1) is 17.3. The van der Waals surface area contributed by atoms with Crippen LogP contribution in [0.1, 0.15) is 22.3 Å². The number of nitrogens with one attached hydrogen (secondary N) is 1. The lowest BCUT2D eigenvalue weighted by Gasteiger charge is -2.19.